The van der Waals surface area contributed by atoms with Crippen molar-refractivity contribution in [1.82, 2.24) is 9.80 Å². The highest BCUT2D eigenvalue weighted by atomic mass is 16.2. The number of rotatable bonds is 4. The Balaban J connectivity index is 1.61. The first-order valence-electron chi connectivity index (χ1n) is 7.98. The number of benzene rings is 1. The summed E-state index contributed by atoms with van der Waals surface area (Å²) in [5.41, 5.74) is 6.65. The summed E-state index contributed by atoms with van der Waals surface area (Å²) >= 11 is 0. The maximum Gasteiger partial charge on any atom is 0.223 e. The Morgan fingerprint density at radius 2 is 2.00 bits per heavy atom. The fourth-order valence-corrected chi connectivity index (χ4v) is 3.55. The van der Waals surface area contributed by atoms with Crippen LogP contribution in [-0.4, -0.2) is 47.3 Å². The number of piperidine rings is 1. The summed E-state index contributed by atoms with van der Waals surface area (Å²) in [7, 11) is 0. The lowest BCUT2D eigenvalue weighted by Gasteiger charge is -2.37. The number of nitrogens with zero attached hydrogens (tertiary/aromatic N) is 2. The molecule has 22 heavy (non-hydrogen) atoms. The van der Waals surface area contributed by atoms with Gasteiger partial charge in [0.2, 0.25) is 11.8 Å². The first-order valence-corrected chi connectivity index (χ1v) is 7.98. The second-order valence-corrected chi connectivity index (χ2v) is 6.37. The molecule has 1 aromatic rings. The van der Waals surface area contributed by atoms with E-state index < -0.39 is 0 Å². The zero-order valence-corrected chi connectivity index (χ0v) is 12.8. The van der Waals surface area contributed by atoms with E-state index in [1.165, 1.54) is 5.56 Å². The maximum atomic E-state index is 12.2. The van der Waals surface area contributed by atoms with Gasteiger partial charge in [-0.15, -0.1) is 0 Å². The molecule has 2 unspecified atom stereocenters. The summed E-state index contributed by atoms with van der Waals surface area (Å²) < 4.78 is 0. The first kappa shape index (κ1) is 15.0. The Kier molecular flexibility index (Phi) is 4.43. The molecule has 2 aliphatic rings. The summed E-state index contributed by atoms with van der Waals surface area (Å²) in [6.07, 6.45) is 2.38. The molecule has 118 valence electrons. The Bertz CT molecular complexity index is 546. The molecule has 2 amide bonds. The monoisotopic (exact) mass is 301 g/mol. The Labute approximate surface area is 131 Å². The van der Waals surface area contributed by atoms with Gasteiger partial charge in [-0.25, -0.2) is 0 Å². The number of carbonyl (C=O) groups is 2. The maximum absolute atomic E-state index is 12.2. The van der Waals surface area contributed by atoms with E-state index in [4.69, 9.17) is 5.73 Å². The zero-order chi connectivity index (χ0) is 15.5. The fourth-order valence-electron chi connectivity index (χ4n) is 3.55. The number of primary amides is 1. The van der Waals surface area contributed by atoms with Gasteiger partial charge in [0.15, 0.2) is 0 Å². The van der Waals surface area contributed by atoms with Gasteiger partial charge in [0, 0.05) is 32.1 Å². The molecule has 0 spiro atoms. The Hall–Kier alpha value is -1.88. The number of nitrogens with two attached hydrogens (primary N) is 1. The summed E-state index contributed by atoms with van der Waals surface area (Å²) in [6, 6.07) is 10.6. The molecule has 1 aromatic carbocycles. The van der Waals surface area contributed by atoms with Crippen molar-refractivity contribution in [3.8, 4) is 0 Å². The molecule has 5 nitrogen and oxygen atoms in total. The van der Waals surface area contributed by atoms with E-state index in [9.17, 15) is 9.59 Å². The second kappa shape index (κ2) is 6.48. The molecule has 2 fully saturated rings. The summed E-state index contributed by atoms with van der Waals surface area (Å²) in [4.78, 5) is 27.7. The largest absolute Gasteiger partial charge is 0.369 e. The van der Waals surface area contributed by atoms with Crippen molar-refractivity contribution < 1.29 is 9.59 Å². The summed E-state index contributed by atoms with van der Waals surface area (Å²) in [6.45, 7) is 3.36. The average Bonchev–Trinajstić information content (AvgIpc) is 2.91. The molecule has 0 saturated carbocycles. The standard InChI is InChI=1S/C17H23N3O2/c18-17(22)14-9-16(21)20(11-14)15-7-4-8-19(12-15)10-13-5-2-1-3-6-13/h1-3,5-6,14-15H,4,7-12H2,(H2,18,22). The lowest BCUT2D eigenvalue weighted by Crippen LogP contribution is -2.48. The van der Waals surface area contributed by atoms with Crippen molar-refractivity contribution in [3.05, 3.63) is 35.9 Å². The zero-order valence-electron chi connectivity index (χ0n) is 12.8. The predicted octanol–water partition coefficient (Wildman–Crippen LogP) is 0.985. The van der Waals surface area contributed by atoms with Crippen molar-refractivity contribution >= 4 is 11.8 Å². The van der Waals surface area contributed by atoms with Gasteiger partial charge in [-0.1, -0.05) is 30.3 Å². The molecule has 2 N–H and O–H groups in total. The third kappa shape index (κ3) is 3.30. The minimum absolute atomic E-state index is 0.0790. The second-order valence-electron chi connectivity index (χ2n) is 6.37. The molecular weight excluding hydrogens is 278 g/mol. The molecule has 5 heteroatoms. The van der Waals surface area contributed by atoms with E-state index in [1.54, 1.807) is 0 Å². The fraction of sp³-hybridized carbons (Fsp3) is 0.529. The smallest absolute Gasteiger partial charge is 0.223 e. The van der Waals surface area contributed by atoms with E-state index in [-0.39, 0.29) is 30.2 Å². The van der Waals surface area contributed by atoms with Gasteiger partial charge in [-0.3, -0.25) is 14.5 Å². The SMILES string of the molecule is NC(=O)C1CC(=O)N(C2CCCN(Cc3ccccc3)C2)C1. The molecular formula is C17H23N3O2. The van der Waals surface area contributed by atoms with Gasteiger partial charge in [-0.05, 0) is 24.9 Å². The minimum Gasteiger partial charge on any atom is -0.369 e. The van der Waals surface area contributed by atoms with Crippen molar-refractivity contribution in [2.45, 2.75) is 31.8 Å². The van der Waals surface area contributed by atoms with Crippen molar-refractivity contribution in [3.63, 3.8) is 0 Å². The van der Waals surface area contributed by atoms with E-state index in [2.05, 4.69) is 29.2 Å². The molecule has 2 aliphatic heterocycles. The molecule has 2 heterocycles. The van der Waals surface area contributed by atoms with Crippen LogP contribution in [-0.2, 0) is 16.1 Å². The lowest BCUT2D eigenvalue weighted by atomic mass is 10.0. The lowest BCUT2D eigenvalue weighted by molar-refractivity contribution is -0.131. The molecule has 0 bridgehead atoms. The van der Waals surface area contributed by atoms with Crippen molar-refractivity contribution in [2.24, 2.45) is 11.7 Å². The van der Waals surface area contributed by atoms with Crippen LogP contribution in [0, 0.1) is 5.92 Å². The summed E-state index contributed by atoms with van der Waals surface area (Å²) in [5, 5.41) is 0. The van der Waals surface area contributed by atoms with Crippen LogP contribution in [0.4, 0.5) is 0 Å². The van der Waals surface area contributed by atoms with Crippen LogP contribution in [0.5, 0.6) is 0 Å². The number of amides is 2. The van der Waals surface area contributed by atoms with Crippen LogP contribution >= 0.6 is 0 Å². The number of likely N-dealkylation sites (tertiary alicyclic amines) is 2. The average molecular weight is 301 g/mol. The van der Waals surface area contributed by atoms with E-state index in [0.29, 0.717) is 6.54 Å². The van der Waals surface area contributed by atoms with E-state index in [0.717, 1.165) is 32.5 Å². The van der Waals surface area contributed by atoms with Crippen LogP contribution in [0.15, 0.2) is 30.3 Å². The molecule has 2 saturated heterocycles. The first-order chi connectivity index (χ1) is 10.6. The van der Waals surface area contributed by atoms with Crippen LogP contribution in [0.2, 0.25) is 0 Å². The Morgan fingerprint density at radius 1 is 1.23 bits per heavy atom. The molecule has 2 atom stereocenters. The Morgan fingerprint density at radius 3 is 2.68 bits per heavy atom. The summed E-state index contributed by atoms with van der Waals surface area (Å²) in [5.74, 6) is -0.583. The van der Waals surface area contributed by atoms with Crippen molar-refractivity contribution in [1.29, 1.82) is 0 Å². The topological polar surface area (TPSA) is 66.6 Å². The number of hydrogen-bond donors (Lipinski definition) is 1. The van der Waals surface area contributed by atoms with Gasteiger partial charge in [0.1, 0.15) is 0 Å². The van der Waals surface area contributed by atoms with Crippen LogP contribution in [0.3, 0.4) is 0 Å². The molecule has 0 aromatic heterocycles. The van der Waals surface area contributed by atoms with E-state index >= 15 is 0 Å². The predicted molar refractivity (Wildman–Crippen MR) is 83.8 cm³/mol. The number of hydrogen-bond acceptors (Lipinski definition) is 3. The van der Waals surface area contributed by atoms with Crippen LogP contribution < -0.4 is 5.73 Å². The molecule has 3 rings (SSSR count). The van der Waals surface area contributed by atoms with Crippen LogP contribution in [0.25, 0.3) is 0 Å². The van der Waals surface area contributed by atoms with Gasteiger partial charge in [0.05, 0.1) is 5.92 Å². The highest BCUT2D eigenvalue weighted by molar-refractivity contribution is 5.88. The quantitative estimate of drug-likeness (QED) is 0.901. The van der Waals surface area contributed by atoms with Crippen molar-refractivity contribution in [2.75, 3.05) is 19.6 Å². The van der Waals surface area contributed by atoms with Gasteiger partial charge in [0.25, 0.3) is 0 Å². The normalized spacial score (nSPS) is 26.4. The highest BCUT2D eigenvalue weighted by Gasteiger charge is 2.38. The highest BCUT2D eigenvalue weighted by Crippen LogP contribution is 2.25. The van der Waals surface area contributed by atoms with Gasteiger partial charge >= 0.3 is 0 Å². The number of carbonyl (C=O) groups excluding carboxylic acids is 2. The minimum atomic E-state index is -0.354. The molecule has 0 radical (unpaired) electrons. The third-order valence-electron chi connectivity index (χ3n) is 4.73. The van der Waals surface area contributed by atoms with Gasteiger partial charge < -0.3 is 10.6 Å². The third-order valence-corrected chi connectivity index (χ3v) is 4.73. The molecule has 0 aliphatic carbocycles. The van der Waals surface area contributed by atoms with Gasteiger partial charge in [-0.2, -0.15) is 0 Å². The van der Waals surface area contributed by atoms with E-state index in [1.807, 2.05) is 11.0 Å². The van der Waals surface area contributed by atoms with Crippen LogP contribution in [0.1, 0.15) is 24.8 Å².